The third-order valence-electron chi connectivity index (χ3n) is 4.73. The first-order valence-corrected chi connectivity index (χ1v) is 7.36. The molecule has 19 heavy (non-hydrogen) atoms. The Bertz CT molecular complexity index is 450. The summed E-state index contributed by atoms with van der Waals surface area (Å²) in [6.07, 6.45) is 5.98. The molecule has 3 N–H and O–H groups in total. The molecule has 0 bridgehead atoms. The third-order valence-corrected chi connectivity index (χ3v) is 4.73. The normalized spacial score (nSPS) is 27.8. The molecule has 1 aliphatic carbocycles. The fraction of sp³-hybridized carbons (Fsp3) is 0.562. The van der Waals surface area contributed by atoms with E-state index < -0.39 is 0 Å². The Morgan fingerprint density at radius 1 is 1.05 bits per heavy atom. The van der Waals surface area contributed by atoms with E-state index in [1.807, 2.05) is 0 Å². The predicted octanol–water partition coefficient (Wildman–Crippen LogP) is 2.27. The Balaban J connectivity index is 1.69. The van der Waals surface area contributed by atoms with Gasteiger partial charge in [-0.15, -0.1) is 0 Å². The average Bonchev–Trinajstić information content (AvgIpc) is 2.38. The maximum Gasteiger partial charge on any atom is 0.234 e. The van der Waals surface area contributed by atoms with Crippen LogP contribution in [0.1, 0.15) is 55.1 Å². The van der Waals surface area contributed by atoms with Gasteiger partial charge in [-0.25, -0.2) is 0 Å². The van der Waals surface area contributed by atoms with Crippen molar-refractivity contribution in [3.63, 3.8) is 0 Å². The van der Waals surface area contributed by atoms with Crippen LogP contribution in [-0.2, 0) is 4.79 Å². The second-order valence-electron chi connectivity index (χ2n) is 5.92. The Morgan fingerprint density at radius 3 is 2.21 bits per heavy atom. The van der Waals surface area contributed by atoms with Gasteiger partial charge in [-0.2, -0.15) is 0 Å². The summed E-state index contributed by atoms with van der Waals surface area (Å²) in [4.78, 5) is 11.3. The van der Waals surface area contributed by atoms with E-state index in [1.165, 1.54) is 30.4 Å². The molecule has 1 saturated carbocycles. The number of piperidine rings is 1. The molecule has 1 aromatic carbocycles. The van der Waals surface area contributed by atoms with Crippen LogP contribution < -0.4 is 11.1 Å². The number of hydrogen-bond donors (Lipinski definition) is 2. The van der Waals surface area contributed by atoms with E-state index in [1.54, 1.807) is 0 Å². The molecule has 3 heteroatoms. The Kier molecular flexibility index (Phi) is 3.56. The molecule has 0 aromatic heterocycles. The van der Waals surface area contributed by atoms with Gasteiger partial charge < -0.3 is 11.1 Å². The summed E-state index contributed by atoms with van der Waals surface area (Å²) in [5.74, 6) is 1.03. The minimum absolute atomic E-state index is 0.162. The summed E-state index contributed by atoms with van der Waals surface area (Å²) in [6, 6.07) is 8.90. The highest BCUT2D eigenvalue weighted by Gasteiger charge is 2.26. The molecule has 2 aliphatic rings. The van der Waals surface area contributed by atoms with Crippen LogP contribution in [0.3, 0.4) is 0 Å². The Morgan fingerprint density at radius 2 is 1.68 bits per heavy atom. The van der Waals surface area contributed by atoms with Gasteiger partial charge in [0, 0.05) is 0 Å². The number of amides is 1. The SMILES string of the molecule is NC(=O)C1CC(c2ccc(C3CCC3)cc2)CCN1. The van der Waals surface area contributed by atoms with E-state index in [-0.39, 0.29) is 11.9 Å². The van der Waals surface area contributed by atoms with Gasteiger partial charge in [0.05, 0.1) is 6.04 Å². The molecule has 1 aromatic rings. The van der Waals surface area contributed by atoms with Crippen LogP contribution in [0.2, 0.25) is 0 Å². The van der Waals surface area contributed by atoms with Crippen LogP contribution in [0.4, 0.5) is 0 Å². The molecule has 2 atom stereocenters. The monoisotopic (exact) mass is 258 g/mol. The van der Waals surface area contributed by atoms with Crippen LogP contribution in [0.25, 0.3) is 0 Å². The first-order chi connectivity index (χ1) is 9.24. The van der Waals surface area contributed by atoms with Gasteiger partial charge in [-0.05, 0) is 55.2 Å². The summed E-state index contributed by atoms with van der Waals surface area (Å²) in [5.41, 5.74) is 8.23. The molecule has 2 fully saturated rings. The van der Waals surface area contributed by atoms with Gasteiger partial charge >= 0.3 is 0 Å². The average molecular weight is 258 g/mol. The summed E-state index contributed by atoms with van der Waals surface area (Å²) >= 11 is 0. The number of carbonyl (C=O) groups is 1. The summed E-state index contributed by atoms with van der Waals surface area (Å²) in [5, 5.41) is 3.19. The first kappa shape index (κ1) is 12.7. The smallest absolute Gasteiger partial charge is 0.234 e. The van der Waals surface area contributed by atoms with Crippen molar-refractivity contribution >= 4 is 5.91 Å². The molecule has 1 aliphatic heterocycles. The van der Waals surface area contributed by atoms with Crippen molar-refractivity contribution in [2.75, 3.05) is 6.54 Å². The highest BCUT2D eigenvalue weighted by molar-refractivity contribution is 5.80. The lowest BCUT2D eigenvalue weighted by atomic mass is 9.79. The largest absolute Gasteiger partial charge is 0.368 e. The van der Waals surface area contributed by atoms with Crippen LogP contribution in [0, 0.1) is 0 Å². The minimum atomic E-state index is -0.226. The van der Waals surface area contributed by atoms with E-state index in [0.717, 1.165) is 25.3 Å². The molecule has 2 unspecified atom stereocenters. The molecule has 1 saturated heterocycles. The summed E-state index contributed by atoms with van der Waals surface area (Å²) in [6.45, 7) is 0.878. The third kappa shape index (κ3) is 2.66. The van der Waals surface area contributed by atoms with Gasteiger partial charge in [-0.3, -0.25) is 4.79 Å². The number of benzene rings is 1. The molecular formula is C16H22N2O. The van der Waals surface area contributed by atoms with Crippen molar-refractivity contribution < 1.29 is 4.79 Å². The van der Waals surface area contributed by atoms with E-state index >= 15 is 0 Å². The zero-order chi connectivity index (χ0) is 13.2. The topological polar surface area (TPSA) is 55.1 Å². The number of rotatable bonds is 3. The highest BCUT2D eigenvalue weighted by Crippen LogP contribution is 2.37. The number of nitrogens with one attached hydrogen (secondary N) is 1. The van der Waals surface area contributed by atoms with Crippen LogP contribution in [0.15, 0.2) is 24.3 Å². The Hall–Kier alpha value is -1.35. The van der Waals surface area contributed by atoms with E-state index in [2.05, 4.69) is 29.6 Å². The first-order valence-electron chi connectivity index (χ1n) is 7.36. The zero-order valence-corrected chi connectivity index (χ0v) is 11.3. The predicted molar refractivity (Wildman–Crippen MR) is 76.0 cm³/mol. The quantitative estimate of drug-likeness (QED) is 0.874. The molecule has 1 heterocycles. The fourth-order valence-corrected chi connectivity index (χ4v) is 3.22. The molecular weight excluding hydrogens is 236 g/mol. The van der Waals surface area contributed by atoms with Crippen molar-refractivity contribution in [2.45, 2.75) is 50.0 Å². The lowest BCUT2D eigenvalue weighted by molar-refractivity contribution is -0.120. The van der Waals surface area contributed by atoms with Crippen LogP contribution in [-0.4, -0.2) is 18.5 Å². The van der Waals surface area contributed by atoms with Gasteiger partial charge in [0.2, 0.25) is 5.91 Å². The number of hydrogen-bond acceptors (Lipinski definition) is 2. The van der Waals surface area contributed by atoms with Gasteiger partial charge in [0.25, 0.3) is 0 Å². The van der Waals surface area contributed by atoms with Gasteiger partial charge in [0.1, 0.15) is 0 Å². The van der Waals surface area contributed by atoms with Crippen molar-refractivity contribution in [2.24, 2.45) is 5.73 Å². The molecule has 1 amide bonds. The summed E-state index contributed by atoms with van der Waals surface area (Å²) in [7, 11) is 0. The second kappa shape index (κ2) is 5.33. The number of primary amides is 1. The van der Waals surface area contributed by atoms with Crippen molar-refractivity contribution in [3.05, 3.63) is 35.4 Å². The molecule has 0 spiro atoms. The van der Waals surface area contributed by atoms with E-state index in [4.69, 9.17) is 5.73 Å². The van der Waals surface area contributed by atoms with Crippen molar-refractivity contribution in [1.29, 1.82) is 0 Å². The van der Waals surface area contributed by atoms with Crippen LogP contribution >= 0.6 is 0 Å². The number of nitrogens with two attached hydrogens (primary N) is 1. The van der Waals surface area contributed by atoms with Gasteiger partial charge in [0.15, 0.2) is 0 Å². The standard InChI is InChI=1S/C16H22N2O/c17-16(19)15-10-14(8-9-18-15)13-6-4-12(5-7-13)11-2-1-3-11/h4-7,11,14-15,18H,1-3,8-10H2,(H2,17,19). The minimum Gasteiger partial charge on any atom is -0.368 e. The van der Waals surface area contributed by atoms with Crippen molar-refractivity contribution in [1.82, 2.24) is 5.32 Å². The maximum absolute atomic E-state index is 11.3. The number of carbonyl (C=O) groups excluding carboxylic acids is 1. The van der Waals surface area contributed by atoms with Gasteiger partial charge in [-0.1, -0.05) is 30.7 Å². The lowest BCUT2D eigenvalue weighted by Gasteiger charge is -2.30. The lowest BCUT2D eigenvalue weighted by Crippen LogP contribution is -2.46. The van der Waals surface area contributed by atoms with E-state index in [9.17, 15) is 4.79 Å². The molecule has 0 radical (unpaired) electrons. The molecule has 3 rings (SSSR count). The van der Waals surface area contributed by atoms with Crippen molar-refractivity contribution in [3.8, 4) is 0 Å². The van der Waals surface area contributed by atoms with E-state index in [0.29, 0.717) is 5.92 Å². The molecule has 102 valence electrons. The molecule has 3 nitrogen and oxygen atoms in total. The summed E-state index contributed by atoms with van der Waals surface area (Å²) < 4.78 is 0. The van der Waals surface area contributed by atoms with Crippen LogP contribution in [0.5, 0.6) is 0 Å². The fourth-order valence-electron chi connectivity index (χ4n) is 3.22. The zero-order valence-electron chi connectivity index (χ0n) is 11.3. The maximum atomic E-state index is 11.3. The Labute approximate surface area is 114 Å². The second-order valence-corrected chi connectivity index (χ2v) is 5.92. The highest BCUT2D eigenvalue weighted by atomic mass is 16.1.